The van der Waals surface area contributed by atoms with Crippen LogP contribution in [0.3, 0.4) is 0 Å². The predicted molar refractivity (Wildman–Crippen MR) is 60.1 cm³/mol. The normalized spacial score (nSPS) is 25.7. The molecule has 0 spiro atoms. The van der Waals surface area contributed by atoms with Gasteiger partial charge >= 0.3 is 0 Å². The zero-order chi connectivity index (χ0) is 13.6. The fourth-order valence-electron chi connectivity index (χ4n) is 2.64. The molecule has 0 aromatic heterocycles. The second-order valence-corrected chi connectivity index (χ2v) is 4.92. The fraction of sp³-hybridized carbons (Fsp3) is 0.462. The van der Waals surface area contributed by atoms with Crippen LogP contribution in [0, 0.1) is 17.5 Å². The van der Waals surface area contributed by atoms with E-state index in [1.165, 1.54) is 4.90 Å². The third-order valence-electron chi connectivity index (χ3n) is 3.56. The molecule has 1 aromatic carbocycles. The summed E-state index contributed by atoms with van der Waals surface area (Å²) in [5.41, 5.74) is -0.169. The van der Waals surface area contributed by atoms with E-state index in [4.69, 9.17) is 4.74 Å². The monoisotopic (exact) mass is 271 g/mol. The summed E-state index contributed by atoms with van der Waals surface area (Å²) < 4.78 is 44.7. The van der Waals surface area contributed by atoms with E-state index >= 15 is 0 Å². The molecule has 1 amide bonds. The minimum Gasteiger partial charge on any atom is -0.371 e. The van der Waals surface area contributed by atoms with Crippen molar-refractivity contribution in [1.82, 2.24) is 4.90 Å². The lowest BCUT2D eigenvalue weighted by atomic mass is 10.1. The Morgan fingerprint density at radius 3 is 2.16 bits per heavy atom. The van der Waals surface area contributed by atoms with Gasteiger partial charge in [0.2, 0.25) is 0 Å². The predicted octanol–water partition coefficient (Wildman–Crippen LogP) is 2.11. The van der Waals surface area contributed by atoms with Crippen molar-refractivity contribution in [3.05, 3.63) is 35.1 Å². The summed E-state index contributed by atoms with van der Waals surface area (Å²) in [6.07, 6.45) is 1.77. The first kappa shape index (κ1) is 12.5. The number of rotatable bonds is 1. The SMILES string of the molecule is O=C(c1cc(F)c(F)c(F)c1)N1CC2CCC(C1)O2. The van der Waals surface area contributed by atoms with Gasteiger partial charge in [0.05, 0.1) is 12.2 Å². The zero-order valence-corrected chi connectivity index (χ0v) is 10.0. The maximum atomic E-state index is 13.1. The lowest BCUT2D eigenvalue weighted by molar-refractivity contribution is -0.0303. The number of ether oxygens (including phenoxy) is 1. The van der Waals surface area contributed by atoms with Gasteiger partial charge in [-0.25, -0.2) is 13.2 Å². The number of hydrogen-bond acceptors (Lipinski definition) is 2. The van der Waals surface area contributed by atoms with E-state index in [-0.39, 0.29) is 17.8 Å². The number of amides is 1. The number of fused-ring (bicyclic) bond motifs is 2. The van der Waals surface area contributed by atoms with Gasteiger partial charge in [-0.1, -0.05) is 0 Å². The van der Waals surface area contributed by atoms with Crippen LogP contribution < -0.4 is 0 Å². The number of carbonyl (C=O) groups is 1. The number of nitrogens with zero attached hydrogens (tertiary/aromatic N) is 1. The van der Waals surface area contributed by atoms with Gasteiger partial charge < -0.3 is 9.64 Å². The van der Waals surface area contributed by atoms with Gasteiger partial charge in [-0.05, 0) is 25.0 Å². The van der Waals surface area contributed by atoms with Crippen molar-refractivity contribution < 1.29 is 22.7 Å². The molecule has 2 fully saturated rings. The van der Waals surface area contributed by atoms with Crippen LogP contribution in [0.2, 0.25) is 0 Å². The highest BCUT2D eigenvalue weighted by Gasteiger charge is 2.36. The number of hydrogen-bond donors (Lipinski definition) is 0. The van der Waals surface area contributed by atoms with Crippen LogP contribution in [-0.4, -0.2) is 36.1 Å². The summed E-state index contributed by atoms with van der Waals surface area (Å²) >= 11 is 0. The van der Waals surface area contributed by atoms with Gasteiger partial charge in [0.25, 0.3) is 5.91 Å². The maximum Gasteiger partial charge on any atom is 0.254 e. The van der Waals surface area contributed by atoms with Crippen molar-refractivity contribution in [2.75, 3.05) is 13.1 Å². The molecule has 2 aliphatic rings. The Kier molecular flexibility index (Phi) is 2.97. The molecule has 2 aliphatic heterocycles. The molecule has 0 saturated carbocycles. The van der Waals surface area contributed by atoms with Crippen LogP contribution in [0.1, 0.15) is 23.2 Å². The lowest BCUT2D eigenvalue weighted by Gasteiger charge is -2.32. The molecule has 2 saturated heterocycles. The quantitative estimate of drug-likeness (QED) is 0.732. The number of halogens is 3. The van der Waals surface area contributed by atoms with Crippen LogP contribution in [0.5, 0.6) is 0 Å². The van der Waals surface area contributed by atoms with Crippen molar-refractivity contribution in [2.45, 2.75) is 25.0 Å². The van der Waals surface area contributed by atoms with Crippen molar-refractivity contribution in [1.29, 1.82) is 0 Å². The molecule has 0 N–H and O–H groups in total. The summed E-state index contributed by atoms with van der Waals surface area (Å²) in [6, 6.07) is 1.47. The smallest absolute Gasteiger partial charge is 0.254 e. The molecule has 0 aliphatic carbocycles. The number of benzene rings is 1. The lowest BCUT2D eigenvalue weighted by Crippen LogP contribution is -2.45. The van der Waals surface area contributed by atoms with Gasteiger partial charge in [-0.3, -0.25) is 4.79 Å². The van der Waals surface area contributed by atoms with Crippen LogP contribution in [0.25, 0.3) is 0 Å². The maximum absolute atomic E-state index is 13.1. The molecule has 3 nitrogen and oxygen atoms in total. The van der Waals surface area contributed by atoms with Gasteiger partial charge in [0, 0.05) is 18.7 Å². The molecule has 0 radical (unpaired) electrons. The molecule has 3 rings (SSSR count). The molecular formula is C13H12F3NO2. The van der Waals surface area contributed by atoms with E-state index in [0.717, 1.165) is 25.0 Å². The highest BCUT2D eigenvalue weighted by molar-refractivity contribution is 5.94. The van der Waals surface area contributed by atoms with E-state index in [9.17, 15) is 18.0 Å². The molecule has 2 atom stereocenters. The Hall–Kier alpha value is -1.56. The molecule has 19 heavy (non-hydrogen) atoms. The van der Waals surface area contributed by atoms with E-state index in [0.29, 0.717) is 13.1 Å². The van der Waals surface area contributed by atoms with Gasteiger partial charge in [0.15, 0.2) is 17.5 Å². The first-order valence-corrected chi connectivity index (χ1v) is 6.14. The Morgan fingerprint density at radius 2 is 1.63 bits per heavy atom. The summed E-state index contributed by atoms with van der Waals surface area (Å²) in [5.74, 6) is -4.74. The van der Waals surface area contributed by atoms with Crippen LogP contribution in [0.15, 0.2) is 12.1 Å². The number of morpholine rings is 1. The van der Waals surface area contributed by atoms with E-state index in [1.807, 2.05) is 0 Å². The zero-order valence-electron chi connectivity index (χ0n) is 10.0. The van der Waals surface area contributed by atoms with Crippen molar-refractivity contribution in [3.8, 4) is 0 Å². The summed E-state index contributed by atoms with van der Waals surface area (Å²) in [4.78, 5) is 13.7. The number of likely N-dealkylation sites (tertiary alicyclic amines) is 1. The standard InChI is InChI=1S/C13H12F3NO2/c14-10-3-7(4-11(15)12(10)16)13(18)17-5-8-1-2-9(6-17)19-8/h3-4,8-9H,1-2,5-6H2. The van der Waals surface area contributed by atoms with Crippen molar-refractivity contribution in [3.63, 3.8) is 0 Å². The largest absolute Gasteiger partial charge is 0.371 e. The Morgan fingerprint density at radius 1 is 1.11 bits per heavy atom. The topological polar surface area (TPSA) is 29.5 Å². The minimum absolute atomic E-state index is 0.00200. The summed E-state index contributed by atoms with van der Waals surface area (Å²) in [7, 11) is 0. The highest BCUT2D eigenvalue weighted by atomic mass is 19.2. The third-order valence-corrected chi connectivity index (χ3v) is 3.56. The third kappa shape index (κ3) is 2.20. The summed E-state index contributed by atoms with van der Waals surface area (Å²) in [6.45, 7) is 0.825. The second kappa shape index (κ2) is 4.52. The molecule has 1 aromatic rings. The number of carbonyl (C=O) groups excluding carboxylic acids is 1. The fourth-order valence-corrected chi connectivity index (χ4v) is 2.64. The average molecular weight is 271 g/mol. The van der Waals surface area contributed by atoms with E-state index in [2.05, 4.69) is 0 Å². The Bertz CT molecular complexity index is 500. The Balaban J connectivity index is 1.84. The minimum atomic E-state index is -1.56. The van der Waals surface area contributed by atoms with Crippen LogP contribution >= 0.6 is 0 Å². The molecule has 2 heterocycles. The molecule has 2 bridgehead atoms. The van der Waals surface area contributed by atoms with Gasteiger partial charge in [-0.2, -0.15) is 0 Å². The first-order chi connectivity index (χ1) is 9.04. The molecular weight excluding hydrogens is 259 g/mol. The second-order valence-electron chi connectivity index (χ2n) is 4.92. The summed E-state index contributed by atoms with van der Waals surface area (Å²) in [5, 5.41) is 0. The van der Waals surface area contributed by atoms with Crippen LogP contribution in [0.4, 0.5) is 13.2 Å². The van der Waals surface area contributed by atoms with Crippen LogP contribution in [-0.2, 0) is 4.74 Å². The van der Waals surface area contributed by atoms with Crippen molar-refractivity contribution in [2.24, 2.45) is 0 Å². The molecule has 2 unspecified atom stereocenters. The highest BCUT2D eigenvalue weighted by Crippen LogP contribution is 2.27. The van der Waals surface area contributed by atoms with Gasteiger partial charge in [-0.15, -0.1) is 0 Å². The van der Waals surface area contributed by atoms with E-state index in [1.54, 1.807) is 0 Å². The molecule has 102 valence electrons. The van der Waals surface area contributed by atoms with Crippen molar-refractivity contribution >= 4 is 5.91 Å². The Labute approximate surface area is 108 Å². The molecule has 6 heteroatoms. The van der Waals surface area contributed by atoms with E-state index < -0.39 is 23.4 Å². The van der Waals surface area contributed by atoms with Gasteiger partial charge in [0.1, 0.15) is 0 Å². The average Bonchev–Trinajstić information content (AvgIpc) is 2.73. The first-order valence-electron chi connectivity index (χ1n) is 6.14.